The predicted octanol–water partition coefficient (Wildman–Crippen LogP) is 4.62. The van der Waals surface area contributed by atoms with Crippen molar-refractivity contribution >= 4 is 22.9 Å². The van der Waals surface area contributed by atoms with E-state index < -0.39 is 11.7 Å². The van der Waals surface area contributed by atoms with Crippen LogP contribution in [0.3, 0.4) is 0 Å². The number of fused-ring (bicyclic) bond motifs is 1. The van der Waals surface area contributed by atoms with Gasteiger partial charge in [0, 0.05) is 23.7 Å². The van der Waals surface area contributed by atoms with Crippen molar-refractivity contribution < 1.29 is 19.1 Å². The van der Waals surface area contributed by atoms with Gasteiger partial charge in [0.2, 0.25) is 5.91 Å². The van der Waals surface area contributed by atoms with Crippen molar-refractivity contribution in [2.45, 2.75) is 72.6 Å². The molecule has 1 heterocycles. The molecule has 0 fully saturated rings. The Hall–Kier alpha value is -2.50. The molecule has 28 heavy (non-hydrogen) atoms. The maximum atomic E-state index is 13.0. The number of amides is 1. The van der Waals surface area contributed by atoms with E-state index in [-0.39, 0.29) is 24.4 Å². The van der Waals surface area contributed by atoms with Crippen molar-refractivity contribution in [2.75, 3.05) is 7.11 Å². The zero-order chi connectivity index (χ0) is 21.2. The standard InChI is InChI=1S/C22H32N2O4/c1-14(2)24(15(3)4)19(25)12-16-13-23(21(26)28-22(5,6)7)17-10-9-11-18(27-8)20(16)17/h9-11,13-15H,12H2,1-8H3. The molecule has 1 amide bonds. The van der Waals surface area contributed by atoms with E-state index in [0.29, 0.717) is 11.3 Å². The molecule has 0 saturated heterocycles. The Morgan fingerprint density at radius 3 is 2.21 bits per heavy atom. The fourth-order valence-corrected chi connectivity index (χ4v) is 3.53. The fraction of sp³-hybridized carbons (Fsp3) is 0.545. The number of ether oxygens (including phenoxy) is 2. The van der Waals surface area contributed by atoms with Crippen LogP contribution in [-0.4, -0.2) is 46.3 Å². The molecular weight excluding hydrogens is 356 g/mol. The minimum absolute atomic E-state index is 0.0131. The third-order valence-corrected chi connectivity index (χ3v) is 4.42. The molecule has 1 aromatic carbocycles. The van der Waals surface area contributed by atoms with Crippen LogP contribution in [0.15, 0.2) is 24.4 Å². The Kier molecular flexibility index (Phi) is 6.42. The molecule has 0 N–H and O–H groups in total. The van der Waals surface area contributed by atoms with E-state index in [1.54, 1.807) is 13.3 Å². The zero-order valence-corrected chi connectivity index (χ0v) is 18.2. The number of carbonyl (C=O) groups is 2. The Morgan fingerprint density at radius 1 is 1.11 bits per heavy atom. The molecule has 0 radical (unpaired) electrons. The number of methoxy groups -OCH3 is 1. The lowest BCUT2D eigenvalue weighted by Crippen LogP contribution is -2.42. The van der Waals surface area contributed by atoms with E-state index in [9.17, 15) is 9.59 Å². The van der Waals surface area contributed by atoms with E-state index in [1.807, 2.05) is 71.6 Å². The molecular formula is C22H32N2O4. The topological polar surface area (TPSA) is 60.8 Å². The average molecular weight is 389 g/mol. The second-order valence-electron chi connectivity index (χ2n) is 8.52. The number of nitrogens with zero attached hydrogens (tertiary/aromatic N) is 2. The van der Waals surface area contributed by atoms with Crippen molar-refractivity contribution in [1.82, 2.24) is 9.47 Å². The number of rotatable bonds is 5. The van der Waals surface area contributed by atoms with Gasteiger partial charge >= 0.3 is 6.09 Å². The van der Waals surface area contributed by atoms with Crippen LogP contribution in [0.25, 0.3) is 10.9 Å². The average Bonchev–Trinajstić information content (AvgIpc) is 2.91. The summed E-state index contributed by atoms with van der Waals surface area (Å²) in [5, 5.41) is 0.761. The largest absolute Gasteiger partial charge is 0.496 e. The molecule has 0 aliphatic heterocycles. The minimum Gasteiger partial charge on any atom is -0.496 e. The highest BCUT2D eigenvalue weighted by Gasteiger charge is 2.26. The van der Waals surface area contributed by atoms with Crippen LogP contribution >= 0.6 is 0 Å². The lowest BCUT2D eigenvalue weighted by atomic mass is 10.1. The summed E-state index contributed by atoms with van der Waals surface area (Å²) < 4.78 is 12.5. The van der Waals surface area contributed by atoms with Crippen molar-refractivity contribution in [3.8, 4) is 5.75 Å². The van der Waals surface area contributed by atoms with Crippen molar-refractivity contribution in [2.24, 2.45) is 0 Å². The van der Waals surface area contributed by atoms with Gasteiger partial charge < -0.3 is 14.4 Å². The minimum atomic E-state index is -0.616. The van der Waals surface area contributed by atoms with E-state index in [1.165, 1.54) is 4.57 Å². The molecule has 0 unspecified atom stereocenters. The van der Waals surface area contributed by atoms with Gasteiger partial charge in [0.05, 0.1) is 19.0 Å². The van der Waals surface area contributed by atoms with Gasteiger partial charge in [-0.15, -0.1) is 0 Å². The molecule has 0 aliphatic carbocycles. The Labute approximate surface area is 167 Å². The number of carbonyl (C=O) groups excluding carboxylic acids is 2. The van der Waals surface area contributed by atoms with Gasteiger partial charge in [0.15, 0.2) is 0 Å². The highest BCUT2D eigenvalue weighted by atomic mass is 16.6. The molecule has 0 bridgehead atoms. The highest BCUT2D eigenvalue weighted by molar-refractivity contribution is 5.98. The smallest absolute Gasteiger partial charge is 0.419 e. The summed E-state index contributed by atoms with van der Waals surface area (Å²) in [5.41, 5.74) is 0.792. The van der Waals surface area contributed by atoms with Gasteiger partial charge in [-0.25, -0.2) is 4.79 Å². The second kappa shape index (κ2) is 8.25. The summed E-state index contributed by atoms with van der Waals surface area (Å²) in [6, 6.07) is 5.67. The third-order valence-electron chi connectivity index (χ3n) is 4.42. The predicted molar refractivity (Wildman–Crippen MR) is 111 cm³/mol. The van der Waals surface area contributed by atoms with Crippen LogP contribution in [0.2, 0.25) is 0 Å². The summed E-state index contributed by atoms with van der Waals surface area (Å²) in [4.78, 5) is 27.6. The normalized spacial score (nSPS) is 11.9. The summed E-state index contributed by atoms with van der Waals surface area (Å²) in [5.74, 6) is 0.641. The summed E-state index contributed by atoms with van der Waals surface area (Å²) in [6.07, 6.45) is 1.40. The molecule has 6 heteroatoms. The van der Waals surface area contributed by atoms with Crippen LogP contribution in [-0.2, 0) is 16.0 Å². The van der Waals surface area contributed by atoms with Gasteiger partial charge in [0.1, 0.15) is 11.4 Å². The van der Waals surface area contributed by atoms with Crippen LogP contribution in [0.4, 0.5) is 4.79 Å². The zero-order valence-electron chi connectivity index (χ0n) is 18.2. The lowest BCUT2D eigenvalue weighted by Gasteiger charge is -2.30. The monoisotopic (exact) mass is 388 g/mol. The van der Waals surface area contributed by atoms with Gasteiger partial charge in [0.25, 0.3) is 0 Å². The number of benzene rings is 1. The van der Waals surface area contributed by atoms with Crippen molar-refractivity contribution in [1.29, 1.82) is 0 Å². The number of hydrogen-bond donors (Lipinski definition) is 0. The van der Waals surface area contributed by atoms with Gasteiger partial charge in [-0.1, -0.05) is 6.07 Å². The lowest BCUT2D eigenvalue weighted by molar-refractivity contribution is -0.134. The van der Waals surface area contributed by atoms with E-state index in [4.69, 9.17) is 9.47 Å². The van der Waals surface area contributed by atoms with E-state index in [0.717, 1.165) is 10.9 Å². The molecule has 2 rings (SSSR count). The van der Waals surface area contributed by atoms with Gasteiger partial charge in [-0.2, -0.15) is 0 Å². The van der Waals surface area contributed by atoms with Gasteiger partial charge in [-0.05, 0) is 66.2 Å². The molecule has 0 atom stereocenters. The maximum absolute atomic E-state index is 13.0. The van der Waals surface area contributed by atoms with Crippen LogP contribution in [0.5, 0.6) is 5.75 Å². The van der Waals surface area contributed by atoms with E-state index in [2.05, 4.69) is 0 Å². The molecule has 0 saturated carbocycles. The molecule has 1 aromatic heterocycles. The molecule has 0 spiro atoms. The van der Waals surface area contributed by atoms with Gasteiger partial charge in [-0.3, -0.25) is 9.36 Å². The first-order chi connectivity index (χ1) is 13.0. The van der Waals surface area contributed by atoms with Crippen LogP contribution < -0.4 is 4.74 Å². The number of aromatic nitrogens is 1. The molecule has 6 nitrogen and oxygen atoms in total. The Bertz CT molecular complexity index is 851. The Balaban J connectivity index is 2.54. The van der Waals surface area contributed by atoms with Crippen LogP contribution in [0, 0.1) is 0 Å². The second-order valence-corrected chi connectivity index (χ2v) is 8.52. The Morgan fingerprint density at radius 2 is 1.71 bits per heavy atom. The highest BCUT2D eigenvalue weighted by Crippen LogP contribution is 2.32. The van der Waals surface area contributed by atoms with Crippen LogP contribution in [0.1, 0.15) is 54.0 Å². The fourth-order valence-electron chi connectivity index (χ4n) is 3.53. The SMILES string of the molecule is COc1cccc2c1c(CC(=O)N(C(C)C)C(C)C)cn2C(=O)OC(C)(C)C. The molecule has 2 aromatic rings. The summed E-state index contributed by atoms with van der Waals surface area (Å²) in [6.45, 7) is 13.5. The maximum Gasteiger partial charge on any atom is 0.419 e. The first-order valence-electron chi connectivity index (χ1n) is 9.67. The quantitative estimate of drug-likeness (QED) is 0.750. The molecule has 154 valence electrons. The molecule has 0 aliphatic rings. The summed E-state index contributed by atoms with van der Waals surface area (Å²) >= 11 is 0. The van der Waals surface area contributed by atoms with Crippen molar-refractivity contribution in [3.05, 3.63) is 30.0 Å². The first-order valence-corrected chi connectivity index (χ1v) is 9.67. The first kappa shape index (κ1) is 21.8. The van der Waals surface area contributed by atoms with E-state index >= 15 is 0 Å². The third kappa shape index (κ3) is 4.66. The number of hydrogen-bond acceptors (Lipinski definition) is 4. The summed E-state index contributed by atoms with van der Waals surface area (Å²) in [7, 11) is 1.58. The van der Waals surface area contributed by atoms with Crippen molar-refractivity contribution in [3.63, 3.8) is 0 Å².